The number of unbranched alkanes of at least 4 members (excludes halogenated alkanes) is 6. The third kappa shape index (κ3) is 6.07. The van der Waals surface area contributed by atoms with Crippen LogP contribution in [0.25, 0.3) is 10.8 Å². The van der Waals surface area contributed by atoms with E-state index in [-0.39, 0.29) is 0 Å². The van der Waals surface area contributed by atoms with Crippen molar-refractivity contribution in [1.82, 2.24) is 0 Å². The van der Waals surface area contributed by atoms with Crippen LogP contribution in [0.1, 0.15) is 78.6 Å². The van der Waals surface area contributed by atoms with Crippen LogP contribution in [-0.2, 0) is 14.3 Å². The van der Waals surface area contributed by atoms with E-state index < -0.39 is 17.4 Å². The number of hydrogen-bond donors (Lipinski definition) is 0. The number of carbonyl (C=O) groups excluding carboxylic acids is 2. The number of carbonyl (C=O) groups is 2. The molecule has 0 aliphatic heterocycles. The first-order chi connectivity index (χ1) is 14.6. The third-order valence-electron chi connectivity index (χ3n) is 5.92. The highest BCUT2D eigenvalue weighted by molar-refractivity contribution is 6.02. The van der Waals surface area contributed by atoms with Gasteiger partial charge in [-0.15, -0.1) is 0 Å². The summed E-state index contributed by atoms with van der Waals surface area (Å²) in [6.45, 7) is 6.24. The summed E-state index contributed by atoms with van der Waals surface area (Å²) in [5, 5.41) is 1.84. The average Bonchev–Trinajstić information content (AvgIpc) is 2.77. The Morgan fingerprint density at radius 2 is 1.40 bits per heavy atom. The Morgan fingerprint density at radius 3 is 2.10 bits per heavy atom. The van der Waals surface area contributed by atoms with Crippen LogP contribution in [0.5, 0.6) is 5.75 Å². The van der Waals surface area contributed by atoms with E-state index in [2.05, 4.69) is 6.92 Å². The van der Waals surface area contributed by atoms with Crippen molar-refractivity contribution in [3.05, 3.63) is 42.5 Å². The molecule has 4 nitrogen and oxygen atoms in total. The predicted molar refractivity (Wildman–Crippen MR) is 122 cm³/mol. The zero-order valence-corrected chi connectivity index (χ0v) is 18.7. The summed E-state index contributed by atoms with van der Waals surface area (Å²) < 4.78 is 11.3. The molecule has 0 N–H and O–H groups in total. The van der Waals surface area contributed by atoms with Crippen molar-refractivity contribution in [2.45, 2.75) is 78.6 Å². The normalized spacial score (nSPS) is 11.4. The first kappa shape index (κ1) is 23.9. The van der Waals surface area contributed by atoms with Gasteiger partial charge < -0.3 is 9.47 Å². The third-order valence-corrected chi connectivity index (χ3v) is 5.92. The number of esters is 2. The van der Waals surface area contributed by atoms with E-state index in [0.717, 1.165) is 30.0 Å². The van der Waals surface area contributed by atoms with Gasteiger partial charge in [0.15, 0.2) is 5.41 Å². The van der Waals surface area contributed by atoms with Crippen molar-refractivity contribution < 1.29 is 19.1 Å². The lowest BCUT2D eigenvalue weighted by atomic mass is 9.82. The van der Waals surface area contributed by atoms with Gasteiger partial charge in [0, 0.05) is 5.39 Å². The molecule has 0 aliphatic rings. The van der Waals surface area contributed by atoms with E-state index in [9.17, 15) is 9.59 Å². The average molecular weight is 413 g/mol. The molecule has 2 rings (SSSR count). The Balaban J connectivity index is 1.96. The number of benzene rings is 2. The van der Waals surface area contributed by atoms with E-state index in [1.54, 1.807) is 6.07 Å². The molecule has 4 heteroatoms. The molecule has 0 unspecified atom stereocenters. The lowest BCUT2D eigenvalue weighted by Gasteiger charge is -2.27. The van der Waals surface area contributed by atoms with E-state index in [0.29, 0.717) is 25.2 Å². The first-order valence-electron chi connectivity index (χ1n) is 11.5. The minimum absolute atomic E-state index is 0.350. The Hall–Kier alpha value is -2.36. The first-order valence-corrected chi connectivity index (χ1v) is 11.5. The van der Waals surface area contributed by atoms with Crippen molar-refractivity contribution in [1.29, 1.82) is 0 Å². The van der Waals surface area contributed by atoms with Crippen LogP contribution in [-0.4, -0.2) is 18.5 Å². The zero-order chi connectivity index (χ0) is 21.8. The van der Waals surface area contributed by atoms with Gasteiger partial charge in [-0.05, 0) is 30.7 Å². The largest absolute Gasteiger partial charge is 0.465 e. The van der Waals surface area contributed by atoms with Gasteiger partial charge in [-0.25, -0.2) is 0 Å². The maximum absolute atomic E-state index is 13.1. The van der Waals surface area contributed by atoms with Gasteiger partial charge >= 0.3 is 11.9 Å². The van der Waals surface area contributed by atoms with E-state index in [1.165, 1.54) is 25.7 Å². The Kier molecular flexibility index (Phi) is 9.85. The second kappa shape index (κ2) is 12.4. The fourth-order valence-electron chi connectivity index (χ4n) is 3.76. The quantitative estimate of drug-likeness (QED) is 0.156. The molecule has 0 bridgehead atoms. The molecular formula is C26H36O4. The van der Waals surface area contributed by atoms with Crippen LogP contribution < -0.4 is 4.74 Å². The van der Waals surface area contributed by atoms with E-state index in [1.807, 2.05) is 50.2 Å². The lowest BCUT2D eigenvalue weighted by molar-refractivity contribution is -0.168. The number of ether oxygens (including phenoxy) is 2. The molecule has 0 spiro atoms. The minimum atomic E-state index is -1.27. The monoisotopic (exact) mass is 412 g/mol. The summed E-state index contributed by atoms with van der Waals surface area (Å²) in [5.41, 5.74) is -1.27. The molecule has 0 fully saturated rings. The second-order valence-corrected chi connectivity index (χ2v) is 7.91. The van der Waals surface area contributed by atoms with Crippen LogP contribution in [0.3, 0.4) is 0 Å². The van der Waals surface area contributed by atoms with Crippen molar-refractivity contribution in [2.75, 3.05) is 6.61 Å². The topological polar surface area (TPSA) is 52.6 Å². The number of rotatable bonds is 13. The summed E-state index contributed by atoms with van der Waals surface area (Å²) >= 11 is 0. The van der Waals surface area contributed by atoms with Crippen LogP contribution >= 0.6 is 0 Å². The standard InChI is InChI=1S/C26H36O4/c1-4-7-8-9-10-11-14-20-29-24(27)26(5-2,6-3)25(28)30-23-19-15-17-21-16-12-13-18-22(21)23/h12-13,15-19H,4-11,14,20H2,1-3H3. The molecule has 30 heavy (non-hydrogen) atoms. The van der Waals surface area contributed by atoms with Crippen molar-refractivity contribution in [3.63, 3.8) is 0 Å². The van der Waals surface area contributed by atoms with Gasteiger partial charge in [0.25, 0.3) is 0 Å². The van der Waals surface area contributed by atoms with Crippen LogP contribution in [0.2, 0.25) is 0 Å². The van der Waals surface area contributed by atoms with Crippen molar-refractivity contribution in [2.24, 2.45) is 5.41 Å². The van der Waals surface area contributed by atoms with Crippen molar-refractivity contribution >= 4 is 22.7 Å². The molecular weight excluding hydrogens is 376 g/mol. The van der Waals surface area contributed by atoms with Gasteiger partial charge in [0.1, 0.15) is 5.75 Å². The molecule has 164 valence electrons. The molecule has 2 aromatic carbocycles. The molecule has 2 aromatic rings. The molecule has 0 radical (unpaired) electrons. The summed E-state index contributed by atoms with van der Waals surface area (Å²) in [5.74, 6) is -0.526. The van der Waals surface area contributed by atoms with Crippen LogP contribution in [0.4, 0.5) is 0 Å². The lowest BCUT2D eigenvalue weighted by Crippen LogP contribution is -2.42. The molecule has 0 aliphatic carbocycles. The molecule has 0 amide bonds. The van der Waals surface area contributed by atoms with Gasteiger partial charge in [0.2, 0.25) is 0 Å². The van der Waals surface area contributed by atoms with Gasteiger partial charge in [-0.2, -0.15) is 0 Å². The summed E-state index contributed by atoms with van der Waals surface area (Å²) in [7, 11) is 0. The smallest absolute Gasteiger partial charge is 0.328 e. The Morgan fingerprint density at radius 1 is 0.767 bits per heavy atom. The van der Waals surface area contributed by atoms with E-state index >= 15 is 0 Å². The highest BCUT2D eigenvalue weighted by Gasteiger charge is 2.46. The Labute approximate surface area is 181 Å². The van der Waals surface area contributed by atoms with Gasteiger partial charge in [-0.1, -0.05) is 95.7 Å². The van der Waals surface area contributed by atoms with Crippen molar-refractivity contribution in [3.8, 4) is 5.75 Å². The SMILES string of the molecule is CCCCCCCCCOC(=O)C(CC)(CC)C(=O)Oc1cccc2ccccc12. The van der Waals surface area contributed by atoms with Crippen LogP contribution in [0.15, 0.2) is 42.5 Å². The van der Waals surface area contributed by atoms with Crippen LogP contribution in [0, 0.1) is 5.41 Å². The highest BCUT2D eigenvalue weighted by Crippen LogP contribution is 2.33. The minimum Gasteiger partial charge on any atom is -0.465 e. The van der Waals surface area contributed by atoms with Gasteiger partial charge in [-0.3, -0.25) is 9.59 Å². The van der Waals surface area contributed by atoms with Gasteiger partial charge in [0.05, 0.1) is 6.61 Å². The molecule has 0 atom stereocenters. The number of hydrogen-bond acceptors (Lipinski definition) is 4. The van der Waals surface area contributed by atoms with E-state index in [4.69, 9.17) is 9.47 Å². The maximum Gasteiger partial charge on any atom is 0.328 e. The molecule has 0 saturated carbocycles. The summed E-state index contributed by atoms with van der Waals surface area (Å²) in [6.07, 6.45) is 8.76. The fraction of sp³-hybridized carbons (Fsp3) is 0.538. The zero-order valence-electron chi connectivity index (χ0n) is 18.7. The fourth-order valence-corrected chi connectivity index (χ4v) is 3.76. The molecule has 0 saturated heterocycles. The molecule has 0 heterocycles. The highest BCUT2D eigenvalue weighted by atomic mass is 16.6. The molecule has 0 aromatic heterocycles. The summed E-state index contributed by atoms with van der Waals surface area (Å²) in [6, 6.07) is 13.3. The predicted octanol–water partition coefficient (Wildman–Crippen LogP) is 6.85. The second-order valence-electron chi connectivity index (χ2n) is 7.91. The number of fused-ring (bicyclic) bond motifs is 1. The summed E-state index contributed by atoms with van der Waals surface area (Å²) in [4.78, 5) is 26.0. The maximum atomic E-state index is 13.1. The Bertz CT molecular complexity index is 802.